The molecule has 1 aromatic carbocycles. The predicted octanol–water partition coefficient (Wildman–Crippen LogP) is 2.55. The van der Waals surface area contributed by atoms with Crippen LogP contribution < -0.4 is 14.8 Å². The zero-order valence-corrected chi connectivity index (χ0v) is 11.3. The highest BCUT2D eigenvalue weighted by Gasteiger charge is 2.07. The number of unbranched alkanes of at least 4 members (excludes halogenated alkanes) is 1. The number of aryl methyl sites for hydroxylation is 2. The van der Waals surface area contributed by atoms with Crippen LogP contribution in [-0.2, 0) is 6.42 Å². The van der Waals surface area contributed by atoms with Crippen molar-refractivity contribution in [1.82, 2.24) is 5.32 Å². The first-order valence-corrected chi connectivity index (χ1v) is 6.09. The summed E-state index contributed by atoms with van der Waals surface area (Å²) in [5.41, 5.74) is 2.62. The molecule has 0 aliphatic rings. The summed E-state index contributed by atoms with van der Waals surface area (Å²) in [5.74, 6) is 1.63. The summed E-state index contributed by atoms with van der Waals surface area (Å²) in [5, 5.41) is 3.16. The average Bonchev–Trinajstić information content (AvgIpc) is 2.35. The molecule has 0 radical (unpaired) electrons. The quantitative estimate of drug-likeness (QED) is 0.739. The van der Waals surface area contributed by atoms with Gasteiger partial charge in [-0.05, 0) is 63.0 Å². The lowest BCUT2D eigenvalue weighted by molar-refractivity contribution is 0.354. The second-order valence-electron chi connectivity index (χ2n) is 4.19. The molecule has 96 valence electrons. The van der Waals surface area contributed by atoms with Crippen LogP contribution in [0.5, 0.6) is 11.5 Å². The number of hydrogen-bond acceptors (Lipinski definition) is 3. The van der Waals surface area contributed by atoms with Crippen LogP contribution >= 0.6 is 0 Å². The van der Waals surface area contributed by atoms with Crippen molar-refractivity contribution in [2.24, 2.45) is 0 Å². The molecule has 0 aliphatic heterocycles. The minimum absolute atomic E-state index is 0.809. The van der Waals surface area contributed by atoms with E-state index in [2.05, 4.69) is 18.3 Å². The Balaban J connectivity index is 2.71. The van der Waals surface area contributed by atoms with Gasteiger partial charge in [0, 0.05) is 0 Å². The summed E-state index contributed by atoms with van der Waals surface area (Å²) in [4.78, 5) is 0. The Morgan fingerprint density at radius 3 is 2.29 bits per heavy atom. The van der Waals surface area contributed by atoms with Crippen molar-refractivity contribution in [2.45, 2.75) is 26.2 Å². The first-order valence-electron chi connectivity index (χ1n) is 6.09. The first kappa shape index (κ1) is 13.8. The molecule has 0 spiro atoms. The number of ether oxygens (including phenoxy) is 2. The minimum Gasteiger partial charge on any atom is -0.493 e. The highest BCUT2D eigenvalue weighted by Crippen LogP contribution is 2.30. The molecular formula is C14H23NO2. The maximum Gasteiger partial charge on any atom is 0.161 e. The molecule has 17 heavy (non-hydrogen) atoms. The molecule has 1 rings (SSSR count). The SMILES string of the molecule is CNCCCCc1cc(OC)c(OC)cc1C. The largest absolute Gasteiger partial charge is 0.493 e. The van der Waals surface area contributed by atoms with E-state index < -0.39 is 0 Å². The van der Waals surface area contributed by atoms with Crippen LogP contribution in [0.15, 0.2) is 12.1 Å². The number of rotatable bonds is 7. The number of methoxy groups -OCH3 is 2. The van der Waals surface area contributed by atoms with E-state index in [9.17, 15) is 0 Å². The molecule has 1 aromatic rings. The standard InChI is InChI=1S/C14H23NO2/c1-11-9-13(16-3)14(17-4)10-12(11)7-5-6-8-15-2/h9-10,15H,5-8H2,1-4H3. The van der Waals surface area contributed by atoms with E-state index in [0.29, 0.717) is 0 Å². The molecule has 3 nitrogen and oxygen atoms in total. The monoisotopic (exact) mass is 237 g/mol. The van der Waals surface area contributed by atoms with Crippen molar-refractivity contribution in [3.05, 3.63) is 23.3 Å². The maximum absolute atomic E-state index is 5.32. The van der Waals surface area contributed by atoms with Gasteiger partial charge in [-0.15, -0.1) is 0 Å². The van der Waals surface area contributed by atoms with E-state index in [1.54, 1.807) is 14.2 Å². The summed E-state index contributed by atoms with van der Waals surface area (Å²) >= 11 is 0. The van der Waals surface area contributed by atoms with Gasteiger partial charge in [0.2, 0.25) is 0 Å². The molecule has 0 bridgehead atoms. The molecular weight excluding hydrogens is 214 g/mol. The molecule has 0 aromatic heterocycles. The molecule has 0 amide bonds. The summed E-state index contributed by atoms with van der Waals surface area (Å²) < 4.78 is 10.6. The van der Waals surface area contributed by atoms with Crippen molar-refractivity contribution in [1.29, 1.82) is 0 Å². The summed E-state index contributed by atoms with van der Waals surface area (Å²) in [6, 6.07) is 4.14. The van der Waals surface area contributed by atoms with Gasteiger partial charge in [0.05, 0.1) is 14.2 Å². The van der Waals surface area contributed by atoms with Crippen LogP contribution in [0.4, 0.5) is 0 Å². The second-order valence-corrected chi connectivity index (χ2v) is 4.19. The zero-order valence-electron chi connectivity index (χ0n) is 11.3. The Kier molecular flexibility index (Phi) is 5.84. The lowest BCUT2D eigenvalue weighted by Crippen LogP contribution is -2.07. The molecule has 0 saturated heterocycles. The molecule has 0 aliphatic carbocycles. The van der Waals surface area contributed by atoms with E-state index >= 15 is 0 Å². The Labute approximate surface area is 104 Å². The maximum atomic E-state index is 5.32. The normalized spacial score (nSPS) is 10.4. The highest BCUT2D eigenvalue weighted by molar-refractivity contribution is 5.47. The van der Waals surface area contributed by atoms with Gasteiger partial charge in [0.15, 0.2) is 11.5 Å². The van der Waals surface area contributed by atoms with Crippen LogP contribution in [-0.4, -0.2) is 27.8 Å². The van der Waals surface area contributed by atoms with Crippen molar-refractivity contribution in [3.8, 4) is 11.5 Å². The van der Waals surface area contributed by atoms with Gasteiger partial charge in [-0.1, -0.05) is 0 Å². The van der Waals surface area contributed by atoms with Gasteiger partial charge in [-0.2, -0.15) is 0 Å². The van der Waals surface area contributed by atoms with E-state index in [1.807, 2.05) is 13.1 Å². The summed E-state index contributed by atoms with van der Waals surface area (Å²) in [6.07, 6.45) is 3.48. The highest BCUT2D eigenvalue weighted by atomic mass is 16.5. The number of benzene rings is 1. The van der Waals surface area contributed by atoms with E-state index in [1.165, 1.54) is 24.0 Å². The van der Waals surface area contributed by atoms with Crippen LogP contribution in [0.3, 0.4) is 0 Å². The topological polar surface area (TPSA) is 30.5 Å². The fourth-order valence-electron chi connectivity index (χ4n) is 1.91. The average molecular weight is 237 g/mol. The van der Waals surface area contributed by atoms with Crippen molar-refractivity contribution in [2.75, 3.05) is 27.8 Å². The molecule has 0 atom stereocenters. The lowest BCUT2D eigenvalue weighted by Gasteiger charge is -2.12. The molecule has 0 fully saturated rings. The smallest absolute Gasteiger partial charge is 0.161 e. The minimum atomic E-state index is 0.809. The first-order chi connectivity index (χ1) is 8.22. The van der Waals surface area contributed by atoms with E-state index in [-0.39, 0.29) is 0 Å². The fourth-order valence-corrected chi connectivity index (χ4v) is 1.91. The molecule has 0 saturated carbocycles. The Morgan fingerprint density at radius 1 is 1.06 bits per heavy atom. The predicted molar refractivity (Wildman–Crippen MR) is 71.1 cm³/mol. The molecule has 0 unspecified atom stereocenters. The van der Waals surface area contributed by atoms with Gasteiger partial charge in [-0.3, -0.25) is 0 Å². The number of hydrogen-bond donors (Lipinski definition) is 1. The van der Waals surface area contributed by atoms with Crippen LogP contribution in [0.1, 0.15) is 24.0 Å². The Bertz CT molecular complexity index is 350. The van der Waals surface area contributed by atoms with Gasteiger partial charge < -0.3 is 14.8 Å². The van der Waals surface area contributed by atoms with Crippen molar-refractivity contribution in [3.63, 3.8) is 0 Å². The molecule has 0 heterocycles. The van der Waals surface area contributed by atoms with Gasteiger partial charge in [0.1, 0.15) is 0 Å². The van der Waals surface area contributed by atoms with Crippen molar-refractivity contribution >= 4 is 0 Å². The van der Waals surface area contributed by atoms with Gasteiger partial charge >= 0.3 is 0 Å². The van der Waals surface area contributed by atoms with Crippen LogP contribution in [0.25, 0.3) is 0 Å². The third-order valence-electron chi connectivity index (χ3n) is 2.97. The molecule has 3 heteroatoms. The van der Waals surface area contributed by atoms with Gasteiger partial charge in [-0.25, -0.2) is 0 Å². The number of nitrogens with one attached hydrogen (secondary N) is 1. The lowest BCUT2D eigenvalue weighted by atomic mass is 10.0. The third-order valence-corrected chi connectivity index (χ3v) is 2.97. The Hall–Kier alpha value is -1.22. The molecule has 1 N–H and O–H groups in total. The van der Waals surface area contributed by atoms with Crippen LogP contribution in [0, 0.1) is 6.92 Å². The Morgan fingerprint density at radius 2 is 1.71 bits per heavy atom. The third kappa shape index (κ3) is 3.93. The van der Waals surface area contributed by atoms with Gasteiger partial charge in [0.25, 0.3) is 0 Å². The zero-order chi connectivity index (χ0) is 12.7. The van der Waals surface area contributed by atoms with E-state index in [0.717, 1.165) is 24.5 Å². The summed E-state index contributed by atoms with van der Waals surface area (Å²) in [6.45, 7) is 3.20. The summed E-state index contributed by atoms with van der Waals surface area (Å²) in [7, 11) is 5.34. The fraction of sp³-hybridized carbons (Fsp3) is 0.571. The van der Waals surface area contributed by atoms with Crippen molar-refractivity contribution < 1.29 is 9.47 Å². The van der Waals surface area contributed by atoms with Crippen LogP contribution in [0.2, 0.25) is 0 Å². The second kappa shape index (κ2) is 7.17. The van der Waals surface area contributed by atoms with E-state index in [4.69, 9.17) is 9.47 Å².